The van der Waals surface area contributed by atoms with Gasteiger partial charge in [0.1, 0.15) is 16.9 Å². The van der Waals surface area contributed by atoms with Crippen molar-refractivity contribution in [2.24, 2.45) is 0 Å². The summed E-state index contributed by atoms with van der Waals surface area (Å²) in [6, 6.07) is 7.36. The topological polar surface area (TPSA) is 127 Å². The largest absolute Gasteiger partial charge is 0.491 e. The number of carbonyl (C=O) groups excluding carboxylic acids is 2. The molecule has 5 rings (SSSR count). The van der Waals surface area contributed by atoms with Gasteiger partial charge in [-0.3, -0.25) is 9.69 Å². The number of nitrogens with zero attached hydrogens (tertiary/aromatic N) is 5. The fraction of sp³-hybridized carbons (Fsp3) is 0.136. The quantitative estimate of drug-likeness (QED) is 0.416. The van der Waals surface area contributed by atoms with Crippen molar-refractivity contribution in [1.29, 1.82) is 5.26 Å². The number of amides is 2. The van der Waals surface area contributed by atoms with Crippen LogP contribution in [0.5, 0.6) is 5.75 Å². The van der Waals surface area contributed by atoms with Gasteiger partial charge in [0.2, 0.25) is 0 Å². The van der Waals surface area contributed by atoms with Gasteiger partial charge < -0.3 is 10.5 Å². The van der Waals surface area contributed by atoms with E-state index < -0.39 is 17.8 Å². The molecule has 0 bridgehead atoms. The maximum absolute atomic E-state index is 15.6. The van der Waals surface area contributed by atoms with Gasteiger partial charge in [-0.2, -0.15) is 15.5 Å². The maximum atomic E-state index is 15.6. The SMILES string of the molecule is N#Cc1c(N)sc2cccc(-c3c(F)cc4c(c3Cl)OCCCN(C(=O)n3nccn3)C4=O)c12. The average molecular weight is 497 g/mol. The second-order valence-corrected chi connectivity index (χ2v) is 8.78. The number of nitrogen functional groups attached to an aromatic ring is 1. The number of rotatable bonds is 1. The second kappa shape index (κ2) is 8.40. The van der Waals surface area contributed by atoms with Crippen LogP contribution in [0.4, 0.5) is 14.2 Å². The molecular formula is C22H14ClFN6O3S. The van der Waals surface area contributed by atoms with E-state index in [0.717, 1.165) is 15.8 Å². The Morgan fingerprint density at radius 3 is 2.79 bits per heavy atom. The molecule has 0 unspecified atom stereocenters. The molecule has 34 heavy (non-hydrogen) atoms. The number of hydrogen-bond acceptors (Lipinski definition) is 8. The summed E-state index contributed by atoms with van der Waals surface area (Å²) in [6.45, 7) is 0.152. The normalized spacial score (nSPS) is 13.7. The number of imide groups is 1. The Morgan fingerprint density at radius 1 is 1.29 bits per heavy atom. The molecule has 0 spiro atoms. The lowest BCUT2D eigenvalue weighted by atomic mass is 9.96. The predicted molar refractivity (Wildman–Crippen MR) is 123 cm³/mol. The molecule has 2 aromatic carbocycles. The van der Waals surface area contributed by atoms with Crippen molar-refractivity contribution in [1.82, 2.24) is 19.9 Å². The van der Waals surface area contributed by atoms with E-state index in [1.165, 1.54) is 23.7 Å². The highest BCUT2D eigenvalue weighted by molar-refractivity contribution is 7.23. The number of benzene rings is 2. The number of carbonyl (C=O) groups is 2. The summed E-state index contributed by atoms with van der Waals surface area (Å²) in [5.74, 6) is -1.65. The zero-order chi connectivity index (χ0) is 24.0. The molecule has 1 aliphatic heterocycles. The molecule has 2 N–H and O–H groups in total. The highest BCUT2D eigenvalue weighted by Crippen LogP contribution is 2.46. The molecule has 9 nitrogen and oxygen atoms in total. The zero-order valence-electron chi connectivity index (χ0n) is 17.3. The van der Waals surface area contributed by atoms with Gasteiger partial charge in [0.25, 0.3) is 5.91 Å². The fourth-order valence-corrected chi connectivity index (χ4v) is 5.18. The van der Waals surface area contributed by atoms with Crippen molar-refractivity contribution >= 4 is 50.0 Å². The number of thiophene rings is 1. The van der Waals surface area contributed by atoms with Gasteiger partial charge in [-0.15, -0.1) is 11.3 Å². The summed E-state index contributed by atoms with van der Waals surface area (Å²) >= 11 is 7.83. The van der Waals surface area contributed by atoms with Crippen molar-refractivity contribution in [3.8, 4) is 22.9 Å². The first-order chi connectivity index (χ1) is 16.4. The Bertz CT molecular complexity index is 1510. The summed E-state index contributed by atoms with van der Waals surface area (Å²) in [4.78, 5) is 27.7. The molecular weight excluding hydrogens is 483 g/mol. The van der Waals surface area contributed by atoms with Gasteiger partial charge >= 0.3 is 6.03 Å². The molecule has 0 atom stereocenters. The van der Waals surface area contributed by atoms with E-state index in [-0.39, 0.29) is 40.6 Å². The van der Waals surface area contributed by atoms with Gasteiger partial charge in [-0.1, -0.05) is 28.5 Å². The molecule has 0 aliphatic carbocycles. The van der Waals surface area contributed by atoms with Gasteiger partial charge in [-0.25, -0.2) is 9.18 Å². The van der Waals surface area contributed by atoms with Crippen LogP contribution in [0, 0.1) is 17.1 Å². The lowest BCUT2D eigenvalue weighted by molar-refractivity contribution is 0.0769. The molecule has 2 aromatic heterocycles. The third-order valence-corrected chi connectivity index (χ3v) is 6.71. The number of hydrogen-bond donors (Lipinski definition) is 1. The van der Waals surface area contributed by atoms with Crippen LogP contribution < -0.4 is 10.5 Å². The van der Waals surface area contributed by atoms with Crippen LogP contribution in [-0.4, -0.2) is 45.0 Å². The van der Waals surface area contributed by atoms with E-state index in [1.54, 1.807) is 18.2 Å². The van der Waals surface area contributed by atoms with Crippen LogP contribution in [0.25, 0.3) is 21.2 Å². The van der Waals surface area contributed by atoms with E-state index >= 15 is 4.39 Å². The zero-order valence-corrected chi connectivity index (χ0v) is 18.9. The van der Waals surface area contributed by atoms with Crippen LogP contribution in [0.3, 0.4) is 0 Å². The average Bonchev–Trinajstić information content (AvgIpc) is 3.45. The predicted octanol–water partition coefficient (Wildman–Crippen LogP) is 4.30. The number of anilines is 1. The van der Waals surface area contributed by atoms with Crippen molar-refractivity contribution in [2.45, 2.75) is 6.42 Å². The summed E-state index contributed by atoms with van der Waals surface area (Å²) in [6.07, 6.45) is 2.93. The highest BCUT2D eigenvalue weighted by atomic mass is 35.5. The van der Waals surface area contributed by atoms with Crippen molar-refractivity contribution in [2.75, 3.05) is 18.9 Å². The summed E-state index contributed by atoms with van der Waals surface area (Å²) < 4.78 is 22.0. The Hall–Kier alpha value is -4.01. The third-order valence-electron chi connectivity index (χ3n) is 5.37. The first-order valence-electron chi connectivity index (χ1n) is 10.0. The minimum Gasteiger partial charge on any atom is -0.491 e. The Kier molecular flexibility index (Phi) is 5.39. The molecule has 12 heteroatoms. The minimum absolute atomic E-state index is 0.0264. The van der Waals surface area contributed by atoms with E-state index in [0.29, 0.717) is 27.1 Å². The number of nitriles is 1. The number of fused-ring (bicyclic) bond motifs is 2. The maximum Gasteiger partial charge on any atom is 0.368 e. The van der Waals surface area contributed by atoms with Crippen molar-refractivity contribution in [3.05, 3.63) is 58.6 Å². The molecule has 2 amide bonds. The minimum atomic E-state index is -0.813. The number of nitrogens with two attached hydrogens (primary N) is 1. The van der Waals surface area contributed by atoms with Gasteiger partial charge in [0.05, 0.1) is 35.2 Å². The molecule has 4 aromatic rings. The summed E-state index contributed by atoms with van der Waals surface area (Å²) in [5.41, 5.74) is 6.32. The summed E-state index contributed by atoms with van der Waals surface area (Å²) in [7, 11) is 0. The van der Waals surface area contributed by atoms with Gasteiger partial charge in [0, 0.05) is 22.2 Å². The van der Waals surface area contributed by atoms with E-state index in [4.69, 9.17) is 22.1 Å². The smallest absolute Gasteiger partial charge is 0.368 e. The summed E-state index contributed by atoms with van der Waals surface area (Å²) in [5, 5.41) is 17.8. The molecule has 0 saturated heterocycles. The van der Waals surface area contributed by atoms with Crippen molar-refractivity contribution < 1.29 is 18.7 Å². The van der Waals surface area contributed by atoms with Gasteiger partial charge in [-0.05, 0) is 24.1 Å². The standard InChI is InChI=1S/C22H14ClFN6O3S/c23-18-17(11-3-1-4-15-16(11)13(10-25)20(26)34-15)14(24)9-12-19(18)33-8-2-7-29(21(12)31)22(32)30-27-5-6-28-30/h1,3-6,9H,2,7-8,26H2. The van der Waals surface area contributed by atoms with Crippen LogP contribution in [0.1, 0.15) is 22.3 Å². The molecule has 0 fully saturated rings. The number of aromatic nitrogens is 3. The van der Waals surface area contributed by atoms with E-state index in [2.05, 4.69) is 16.3 Å². The lowest BCUT2D eigenvalue weighted by Crippen LogP contribution is -2.42. The Labute approximate surface area is 200 Å². The van der Waals surface area contributed by atoms with Crippen LogP contribution in [0.15, 0.2) is 36.7 Å². The molecule has 170 valence electrons. The number of ether oxygens (including phenoxy) is 1. The molecule has 1 aliphatic rings. The van der Waals surface area contributed by atoms with Crippen LogP contribution in [0.2, 0.25) is 5.02 Å². The Balaban J connectivity index is 1.69. The molecule has 0 radical (unpaired) electrons. The first-order valence-corrected chi connectivity index (χ1v) is 11.2. The van der Waals surface area contributed by atoms with Gasteiger partial charge in [0.15, 0.2) is 5.75 Å². The fourth-order valence-electron chi connectivity index (χ4n) is 3.88. The van der Waals surface area contributed by atoms with Crippen LogP contribution >= 0.6 is 22.9 Å². The highest BCUT2D eigenvalue weighted by Gasteiger charge is 2.33. The molecule has 0 saturated carbocycles. The lowest BCUT2D eigenvalue weighted by Gasteiger charge is -2.25. The van der Waals surface area contributed by atoms with E-state index in [9.17, 15) is 14.9 Å². The van der Waals surface area contributed by atoms with Crippen LogP contribution in [-0.2, 0) is 0 Å². The third kappa shape index (κ3) is 3.35. The number of halogens is 2. The Morgan fingerprint density at radius 2 is 2.06 bits per heavy atom. The van der Waals surface area contributed by atoms with E-state index in [1.807, 2.05) is 0 Å². The second-order valence-electron chi connectivity index (χ2n) is 7.32. The van der Waals surface area contributed by atoms with Crippen molar-refractivity contribution in [3.63, 3.8) is 0 Å². The monoisotopic (exact) mass is 496 g/mol. The molecule has 3 heterocycles. The first kappa shape index (κ1) is 21.8.